The molecule has 1 atom stereocenters. The first kappa shape index (κ1) is 17.4. The number of carbonyl (C=O) groups excluding carboxylic acids is 1. The normalized spacial score (nSPS) is 15.9. The van der Waals surface area contributed by atoms with Gasteiger partial charge in [-0.2, -0.15) is 4.98 Å². The average molecular weight is 363 g/mol. The number of nitrogens with zero attached hydrogens (tertiary/aromatic N) is 3. The lowest BCUT2D eigenvalue weighted by Crippen LogP contribution is -2.38. The van der Waals surface area contributed by atoms with Crippen LogP contribution in [0.3, 0.4) is 0 Å². The van der Waals surface area contributed by atoms with Crippen LogP contribution in [0.15, 0.2) is 53.2 Å². The Morgan fingerprint density at radius 2 is 2.11 bits per heavy atom. The maximum Gasteiger partial charge on any atom is 0.227 e. The lowest BCUT2D eigenvalue weighted by molar-refractivity contribution is -0.121. The summed E-state index contributed by atoms with van der Waals surface area (Å²) in [7, 11) is 0. The van der Waals surface area contributed by atoms with Crippen molar-refractivity contribution >= 4 is 5.91 Å². The molecule has 0 spiro atoms. The van der Waals surface area contributed by atoms with Crippen LogP contribution in [-0.4, -0.2) is 34.1 Å². The summed E-state index contributed by atoms with van der Waals surface area (Å²) >= 11 is 0. The zero-order chi connectivity index (χ0) is 18.5. The summed E-state index contributed by atoms with van der Waals surface area (Å²) in [4.78, 5) is 20.7. The van der Waals surface area contributed by atoms with E-state index in [0.29, 0.717) is 36.8 Å². The SMILES string of the molecule is O=C(CCc1nc(-c2ccccn2)no1)NCC1NCCc2ccccc21. The third-order valence-electron chi connectivity index (χ3n) is 4.65. The number of fused-ring (bicyclic) bond motifs is 1. The molecular weight excluding hydrogens is 342 g/mol. The van der Waals surface area contributed by atoms with Crippen molar-refractivity contribution in [2.45, 2.75) is 25.3 Å². The van der Waals surface area contributed by atoms with Gasteiger partial charge in [0.05, 0.1) is 0 Å². The summed E-state index contributed by atoms with van der Waals surface area (Å²) in [5.41, 5.74) is 3.27. The molecule has 3 heterocycles. The number of aryl methyl sites for hydroxylation is 1. The maximum atomic E-state index is 12.2. The lowest BCUT2D eigenvalue weighted by Gasteiger charge is -2.27. The molecule has 0 bridgehead atoms. The van der Waals surface area contributed by atoms with E-state index in [0.717, 1.165) is 13.0 Å². The molecule has 1 amide bonds. The fourth-order valence-corrected chi connectivity index (χ4v) is 3.26. The number of rotatable bonds is 6. The quantitative estimate of drug-likeness (QED) is 0.696. The molecule has 0 aliphatic carbocycles. The Labute approximate surface area is 157 Å². The summed E-state index contributed by atoms with van der Waals surface area (Å²) in [6.07, 6.45) is 3.41. The Morgan fingerprint density at radius 3 is 3.00 bits per heavy atom. The molecule has 4 rings (SSSR count). The Balaban J connectivity index is 1.28. The smallest absolute Gasteiger partial charge is 0.227 e. The van der Waals surface area contributed by atoms with Crippen LogP contribution in [0.1, 0.15) is 29.5 Å². The Kier molecular flexibility index (Phi) is 5.20. The van der Waals surface area contributed by atoms with E-state index in [2.05, 4.69) is 44.0 Å². The van der Waals surface area contributed by atoms with E-state index in [1.807, 2.05) is 24.3 Å². The number of hydrogen-bond acceptors (Lipinski definition) is 6. The number of carbonyl (C=O) groups is 1. The molecule has 7 heteroatoms. The number of hydrogen-bond donors (Lipinski definition) is 2. The third kappa shape index (κ3) is 4.20. The van der Waals surface area contributed by atoms with E-state index in [9.17, 15) is 4.79 Å². The van der Waals surface area contributed by atoms with Crippen LogP contribution >= 0.6 is 0 Å². The highest BCUT2D eigenvalue weighted by atomic mass is 16.5. The second-order valence-electron chi connectivity index (χ2n) is 6.49. The Morgan fingerprint density at radius 1 is 1.22 bits per heavy atom. The van der Waals surface area contributed by atoms with Gasteiger partial charge in [-0.25, -0.2) is 0 Å². The van der Waals surface area contributed by atoms with Gasteiger partial charge in [-0.3, -0.25) is 9.78 Å². The van der Waals surface area contributed by atoms with Crippen molar-refractivity contribution in [2.75, 3.05) is 13.1 Å². The summed E-state index contributed by atoms with van der Waals surface area (Å²) in [5, 5.41) is 10.4. The van der Waals surface area contributed by atoms with Gasteiger partial charge in [0.15, 0.2) is 0 Å². The van der Waals surface area contributed by atoms with E-state index < -0.39 is 0 Å². The number of aromatic nitrogens is 3. The standard InChI is InChI=1S/C20H21N5O2/c26-18(23-13-17-15-6-2-1-5-14(15)10-12-22-17)8-9-19-24-20(25-27-19)16-7-3-4-11-21-16/h1-7,11,17,22H,8-10,12-13H2,(H,23,26). The molecule has 1 aromatic carbocycles. The third-order valence-corrected chi connectivity index (χ3v) is 4.65. The average Bonchev–Trinajstić information content (AvgIpc) is 3.20. The number of amides is 1. The summed E-state index contributed by atoms with van der Waals surface area (Å²) in [5.74, 6) is 0.846. The molecule has 27 heavy (non-hydrogen) atoms. The number of benzene rings is 1. The van der Waals surface area contributed by atoms with Gasteiger partial charge in [0, 0.05) is 31.6 Å². The van der Waals surface area contributed by atoms with Crippen LogP contribution in [0.5, 0.6) is 0 Å². The molecular formula is C20H21N5O2. The van der Waals surface area contributed by atoms with Gasteiger partial charge < -0.3 is 15.2 Å². The van der Waals surface area contributed by atoms with Gasteiger partial charge in [-0.05, 0) is 36.2 Å². The predicted octanol–water partition coefficient (Wildman–Crippen LogP) is 2.07. The van der Waals surface area contributed by atoms with E-state index in [1.165, 1.54) is 11.1 Å². The highest BCUT2D eigenvalue weighted by molar-refractivity contribution is 5.76. The van der Waals surface area contributed by atoms with E-state index >= 15 is 0 Å². The Hall–Kier alpha value is -3.06. The number of nitrogens with one attached hydrogen (secondary N) is 2. The minimum Gasteiger partial charge on any atom is -0.354 e. The first-order valence-corrected chi connectivity index (χ1v) is 9.11. The topological polar surface area (TPSA) is 92.9 Å². The lowest BCUT2D eigenvalue weighted by atomic mass is 9.94. The molecule has 7 nitrogen and oxygen atoms in total. The zero-order valence-corrected chi connectivity index (χ0v) is 14.9. The van der Waals surface area contributed by atoms with Crippen LogP contribution < -0.4 is 10.6 Å². The van der Waals surface area contributed by atoms with E-state index in [4.69, 9.17) is 4.52 Å². The van der Waals surface area contributed by atoms with Crippen molar-refractivity contribution in [2.24, 2.45) is 0 Å². The fourth-order valence-electron chi connectivity index (χ4n) is 3.26. The molecule has 1 aliphatic heterocycles. The largest absolute Gasteiger partial charge is 0.354 e. The molecule has 0 radical (unpaired) electrons. The first-order valence-electron chi connectivity index (χ1n) is 9.11. The maximum absolute atomic E-state index is 12.2. The van der Waals surface area contributed by atoms with E-state index in [-0.39, 0.29) is 11.9 Å². The van der Waals surface area contributed by atoms with Crippen molar-refractivity contribution in [3.05, 3.63) is 65.7 Å². The summed E-state index contributed by atoms with van der Waals surface area (Å²) in [6.45, 7) is 1.49. The highest BCUT2D eigenvalue weighted by Crippen LogP contribution is 2.21. The molecule has 0 saturated heterocycles. The van der Waals surface area contributed by atoms with Crippen LogP contribution in [0.25, 0.3) is 11.5 Å². The molecule has 3 aromatic rings. The highest BCUT2D eigenvalue weighted by Gasteiger charge is 2.19. The molecule has 138 valence electrons. The number of pyridine rings is 1. The van der Waals surface area contributed by atoms with Gasteiger partial charge in [0.25, 0.3) is 0 Å². The van der Waals surface area contributed by atoms with Gasteiger partial charge in [0.2, 0.25) is 17.6 Å². The Bertz CT molecular complexity index is 910. The van der Waals surface area contributed by atoms with Crippen molar-refractivity contribution in [1.29, 1.82) is 0 Å². The summed E-state index contributed by atoms with van der Waals surface area (Å²) < 4.78 is 5.22. The van der Waals surface area contributed by atoms with Crippen molar-refractivity contribution < 1.29 is 9.32 Å². The van der Waals surface area contributed by atoms with Crippen LogP contribution in [0.2, 0.25) is 0 Å². The monoisotopic (exact) mass is 363 g/mol. The minimum absolute atomic E-state index is 0.0301. The van der Waals surface area contributed by atoms with Crippen LogP contribution in [0, 0.1) is 0 Å². The molecule has 0 saturated carbocycles. The van der Waals surface area contributed by atoms with Crippen LogP contribution in [0.4, 0.5) is 0 Å². The van der Waals surface area contributed by atoms with Crippen LogP contribution in [-0.2, 0) is 17.6 Å². The second kappa shape index (κ2) is 8.09. The van der Waals surface area contributed by atoms with Gasteiger partial charge >= 0.3 is 0 Å². The van der Waals surface area contributed by atoms with E-state index in [1.54, 1.807) is 6.20 Å². The zero-order valence-electron chi connectivity index (χ0n) is 14.9. The molecule has 1 aliphatic rings. The summed E-state index contributed by atoms with van der Waals surface area (Å²) in [6, 6.07) is 14.0. The molecule has 0 fully saturated rings. The van der Waals surface area contributed by atoms with Crippen molar-refractivity contribution in [3.63, 3.8) is 0 Å². The second-order valence-corrected chi connectivity index (χ2v) is 6.49. The molecule has 1 unspecified atom stereocenters. The minimum atomic E-state index is -0.0301. The predicted molar refractivity (Wildman–Crippen MR) is 99.7 cm³/mol. The molecule has 2 N–H and O–H groups in total. The first-order chi connectivity index (χ1) is 13.3. The fraction of sp³-hybridized carbons (Fsp3) is 0.300. The van der Waals surface area contributed by atoms with Crippen molar-refractivity contribution in [3.8, 4) is 11.5 Å². The van der Waals surface area contributed by atoms with Crippen molar-refractivity contribution in [1.82, 2.24) is 25.8 Å². The molecule has 2 aromatic heterocycles. The van der Waals surface area contributed by atoms with Gasteiger partial charge in [0.1, 0.15) is 5.69 Å². The van der Waals surface area contributed by atoms with Gasteiger partial charge in [-0.15, -0.1) is 0 Å². The van der Waals surface area contributed by atoms with Gasteiger partial charge in [-0.1, -0.05) is 35.5 Å².